The standard InChI is InChI=1S/C23H29F2N3O3/c1-16-6-4-5-7-18(16)21-15-28(12-13-30-21)23(26-2)27-11-10-17-8-9-19(29-3)20(14-17)31-22(24)25/h4-9,14,21-22H,10-13,15H2,1-3H3,(H,26,27). The second kappa shape index (κ2) is 10.9. The van der Waals surface area contributed by atoms with E-state index in [1.165, 1.54) is 18.2 Å². The van der Waals surface area contributed by atoms with Crippen molar-refractivity contribution in [3.63, 3.8) is 0 Å². The number of aryl methyl sites for hydroxylation is 1. The number of hydrogen-bond donors (Lipinski definition) is 1. The Labute approximate surface area is 181 Å². The van der Waals surface area contributed by atoms with E-state index < -0.39 is 6.61 Å². The fourth-order valence-electron chi connectivity index (χ4n) is 3.69. The Morgan fingerprint density at radius 1 is 1.26 bits per heavy atom. The number of guanidine groups is 1. The highest BCUT2D eigenvalue weighted by atomic mass is 19.3. The summed E-state index contributed by atoms with van der Waals surface area (Å²) in [6.45, 7) is 1.86. The fourth-order valence-corrected chi connectivity index (χ4v) is 3.69. The Hall–Kier alpha value is -2.87. The number of benzene rings is 2. The lowest BCUT2D eigenvalue weighted by molar-refractivity contribution is -0.0512. The van der Waals surface area contributed by atoms with Gasteiger partial charge in [0.15, 0.2) is 17.5 Å². The molecule has 1 saturated heterocycles. The summed E-state index contributed by atoms with van der Waals surface area (Å²) in [5, 5.41) is 3.36. The van der Waals surface area contributed by atoms with Gasteiger partial charge in [-0.1, -0.05) is 30.3 Å². The van der Waals surface area contributed by atoms with Gasteiger partial charge in [-0.25, -0.2) is 0 Å². The van der Waals surface area contributed by atoms with Gasteiger partial charge in [0.05, 0.1) is 20.3 Å². The molecule has 0 aromatic heterocycles. The molecule has 168 valence electrons. The topological polar surface area (TPSA) is 55.3 Å². The van der Waals surface area contributed by atoms with E-state index in [1.807, 2.05) is 18.2 Å². The molecule has 8 heteroatoms. The number of methoxy groups -OCH3 is 1. The van der Waals surface area contributed by atoms with Gasteiger partial charge >= 0.3 is 6.61 Å². The van der Waals surface area contributed by atoms with Crippen LogP contribution in [-0.4, -0.2) is 57.9 Å². The first-order chi connectivity index (χ1) is 15.0. The second-order valence-corrected chi connectivity index (χ2v) is 7.25. The number of alkyl halides is 2. The van der Waals surface area contributed by atoms with E-state index in [0.29, 0.717) is 26.1 Å². The molecule has 0 spiro atoms. The minimum absolute atomic E-state index is 0.0101. The van der Waals surface area contributed by atoms with E-state index in [4.69, 9.17) is 9.47 Å². The lowest BCUT2D eigenvalue weighted by Crippen LogP contribution is -2.48. The van der Waals surface area contributed by atoms with Gasteiger partial charge in [0.1, 0.15) is 6.10 Å². The van der Waals surface area contributed by atoms with Gasteiger partial charge in [0.2, 0.25) is 0 Å². The number of nitrogens with one attached hydrogen (secondary N) is 1. The summed E-state index contributed by atoms with van der Waals surface area (Å²) in [5.74, 6) is 1.11. The summed E-state index contributed by atoms with van der Waals surface area (Å²) in [6.07, 6.45) is 0.609. The summed E-state index contributed by atoms with van der Waals surface area (Å²) >= 11 is 0. The third-order valence-electron chi connectivity index (χ3n) is 5.25. The van der Waals surface area contributed by atoms with Crippen LogP contribution < -0.4 is 14.8 Å². The van der Waals surface area contributed by atoms with Crippen LogP contribution in [0, 0.1) is 6.92 Å². The van der Waals surface area contributed by atoms with Crippen molar-refractivity contribution in [2.75, 3.05) is 40.4 Å². The molecule has 0 radical (unpaired) electrons. The predicted molar refractivity (Wildman–Crippen MR) is 116 cm³/mol. The van der Waals surface area contributed by atoms with Crippen LogP contribution in [0.3, 0.4) is 0 Å². The van der Waals surface area contributed by atoms with Crippen LogP contribution in [-0.2, 0) is 11.2 Å². The van der Waals surface area contributed by atoms with Gasteiger partial charge in [-0.05, 0) is 42.2 Å². The molecule has 1 aliphatic rings. The van der Waals surface area contributed by atoms with Crippen molar-refractivity contribution in [1.29, 1.82) is 0 Å². The van der Waals surface area contributed by atoms with Crippen LogP contribution in [0.4, 0.5) is 8.78 Å². The maximum absolute atomic E-state index is 12.6. The normalized spacial score (nSPS) is 17.0. The maximum atomic E-state index is 12.6. The first kappa shape index (κ1) is 22.8. The zero-order valence-corrected chi connectivity index (χ0v) is 18.1. The molecule has 0 aliphatic carbocycles. The number of halogens is 2. The fraction of sp³-hybridized carbons (Fsp3) is 0.435. The van der Waals surface area contributed by atoms with E-state index in [9.17, 15) is 8.78 Å². The molecule has 1 atom stereocenters. The molecule has 1 aliphatic heterocycles. The van der Waals surface area contributed by atoms with Crippen LogP contribution in [0.2, 0.25) is 0 Å². The largest absolute Gasteiger partial charge is 0.493 e. The third kappa shape index (κ3) is 6.07. The van der Waals surface area contributed by atoms with E-state index >= 15 is 0 Å². The quantitative estimate of drug-likeness (QED) is 0.532. The predicted octanol–water partition coefficient (Wildman–Crippen LogP) is 3.80. The Bertz CT molecular complexity index is 892. The number of hydrogen-bond acceptors (Lipinski definition) is 4. The smallest absolute Gasteiger partial charge is 0.387 e. The Morgan fingerprint density at radius 2 is 2.06 bits per heavy atom. The van der Waals surface area contributed by atoms with Crippen molar-refractivity contribution in [3.05, 3.63) is 59.2 Å². The first-order valence-corrected chi connectivity index (χ1v) is 10.3. The van der Waals surface area contributed by atoms with Crippen LogP contribution in [0.15, 0.2) is 47.5 Å². The van der Waals surface area contributed by atoms with Crippen molar-refractivity contribution in [2.45, 2.75) is 26.1 Å². The molecule has 3 rings (SSSR count). The molecule has 0 bridgehead atoms. The molecule has 2 aromatic carbocycles. The van der Waals surface area contributed by atoms with Crippen LogP contribution >= 0.6 is 0 Å². The number of nitrogens with zero attached hydrogens (tertiary/aromatic N) is 2. The summed E-state index contributed by atoms with van der Waals surface area (Å²) in [7, 11) is 3.17. The molecule has 6 nitrogen and oxygen atoms in total. The van der Waals surface area contributed by atoms with Gasteiger partial charge in [-0.15, -0.1) is 0 Å². The van der Waals surface area contributed by atoms with E-state index in [2.05, 4.69) is 39.0 Å². The lowest BCUT2D eigenvalue weighted by atomic mass is 10.0. The Kier molecular flexibility index (Phi) is 8.06. The molecular formula is C23H29F2N3O3. The number of ether oxygens (including phenoxy) is 3. The molecular weight excluding hydrogens is 404 g/mol. The van der Waals surface area contributed by atoms with Crippen molar-refractivity contribution >= 4 is 5.96 Å². The molecule has 1 N–H and O–H groups in total. The maximum Gasteiger partial charge on any atom is 0.387 e. The molecule has 0 amide bonds. The molecule has 2 aromatic rings. The van der Waals surface area contributed by atoms with Crippen LogP contribution in [0.1, 0.15) is 22.8 Å². The molecule has 1 fully saturated rings. The van der Waals surface area contributed by atoms with Gasteiger partial charge in [0, 0.05) is 20.1 Å². The molecule has 1 unspecified atom stereocenters. The van der Waals surface area contributed by atoms with Gasteiger partial charge in [-0.2, -0.15) is 8.78 Å². The number of aliphatic imine (C=N–C) groups is 1. The van der Waals surface area contributed by atoms with E-state index in [-0.39, 0.29) is 17.6 Å². The minimum atomic E-state index is -2.90. The second-order valence-electron chi connectivity index (χ2n) is 7.25. The number of rotatable bonds is 7. The highest BCUT2D eigenvalue weighted by Crippen LogP contribution is 2.29. The van der Waals surface area contributed by atoms with Crippen molar-refractivity contribution < 1.29 is 23.0 Å². The van der Waals surface area contributed by atoms with Gasteiger partial charge in [0.25, 0.3) is 0 Å². The minimum Gasteiger partial charge on any atom is -0.493 e. The van der Waals surface area contributed by atoms with Crippen molar-refractivity contribution in [1.82, 2.24) is 10.2 Å². The zero-order chi connectivity index (χ0) is 22.2. The lowest BCUT2D eigenvalue weighted by Gasteiger charge is -2.35. The summed E-state index contributed by atoms with van der Waals surface area (Å²) in [4.78, 5) is 6.59. The van der Waals surface area contributed by atoms with Gasteiger partial charge < -0.3 is 24.4 Å². The third-order valence-corrected chi connectivity index (χ3v) is 5.25. The van der Waals surface area contributed by atoms with Crippen molar-refractivity contribution in [2.24, 2.45) is 4.99 Å². The van der Waals surface area contributed by atoms with Gasteiger partial charge in [-0.3, -0.25) is 4.99 Å². The highest BCUT2D eigenvalue weighted by Gasteiger charge is 2.25. The number of morpholine rings is 1. The summed E-state index contributed by atoms with van der Waals surface area (Å²) < 4.78 is 40.9. The zero-order valence-electron chi connectivity index (χ0n) is 18.1. The van der Waals surface area contributed by atoms with E-state index in [0.717, 1.165) is 18.1 Å². The highest BCUT2D eigenvalue weighted by molar-refractivity contribution is 5.80. The molecule has 0 saturated carbocycles. The molecule has 31 heavy (non-hydrogen) atoms. The van der Waals surface area contributed by atoms with Crippen LogP contribution in [0.5, 0.6) is 11.5 Å². The van der Waals surface area contributed by atoms with Crippen molar-refractivity contribution in [3.8, 4) is 11.5 Å². The summed E-state index contributed by atoms with van der Waals surface area (Å²) in [6, 6.07) is 13.3. The monoisotopic (exact) mass is 433 g/mol. The summed E-state index contributed by atoms with van der Waals surface area (Å²) in [5.41, 5.74) is 3.25. The molecule has 1 heterocycles. The average Bonchev–Trinajstić information content (AvgIpc) is 2.77. The average molecular weight is 433 g/mol. The Balaban J connectivity index is 1.59. The van der Waals surface area contributed by atoms with Crippen LogP contribution in [0.25, 0.3) is 0 Å². The van der Waals surface area contributed by atoms with E-state index in [1.54, 1.807) is 19.2 Å². The first-order valence-electron chi connectivity index (χ1n) is 10.3. The SMILES string of the molecule is CN=C(NCCc1ccc(OC)c(OC(F)F)c1)N1CCOC(c2ccccc2C)C1. The Morgan fingerprint density at radius 3 is 2.77 bits per heavy atom.